The largest absolute Gasteiger partial charge is 0.310 e. The first-order valence-electron chi connectivity index (χ1n) is 4.18. The van der Waals surface area contributed by atoms with Crippen LogP contribution in [0.2, 0.25) is 0 Å². The van der Waals surface area contributed by atoms with Gasteiger partial charge in [0, 0.05) is 18.9 Å². The van der Waals surface area contributed by atoms with E-state index in [-0.39, 0.29) is 6.54 Å². The van der Waals surface area contributed by atoms with Gasteiger partial charge in [-0.05, 0) is 17.7 Å². The first kappa shape index (κ1) is 8.56. The van der Waals surface area contributed by atoms with E-state index in [9.17, 15) is 8.78 Å². The molecule has 70 valence electrons. The second-order valence-corrected chi connectivity index (χ2v) is 3.23. The van der Waals surface area contributed by atoms with Crippen molar-refractivity contribution in [3.63, 3.8) is 0 Å². The normalized spacial score (nSPS) is 26.2. The van der Waals surface area contributed by atoms with E-state index < -0.39 is 11.8 Å². The molecule has 1 N–H and O–H groups in total. The highest BCUT2D eigenvalue weighted by Crippen LogP contribution is 2.35. The minimum Gasteiger partial charge on any atom is -0.310 e. The summed E-state index contributed by atoms with van der Waals surface area (Å²) in [5.74, 6) is -3.32. The molecule has 2 heterocycles. The third-order valence-electron chi connectivity index (χ3n) is 2.33. The summed E-state index contributed by atoms with van der Waals surface area (Å²) in [4.78, 5) is 3.80. The highest BCUT2D eigenvalue weighted by atomic mass is 19.3. The molecule has 1 aromatic rings. The molecule has 0 aromatic carbocycles. The molecule has 0 unspecified atom stereocenters. The monoisotopic (exact) mass is 184 g/mol. The first-order chi connectivity index (χ1) is 6.20. The minimum atomic E-state index is -2.62. The van der Waals surface area contributed by atoms with Gasteiger partial charge >= 0.3 is 0 Å². The Morgan fingerprint density at radius 1 is 1.38 bits per heavy atom. The number of rotatable bonds is 1. The highest BCUT2D eigenvalue weighted by Gasteiger charge is 2.44. The van der Waals surface area contributed by atoms with Crippen molar-refractivity contribution in [1.29, 1.82) is 0 Å². The summed E-state index contributed by atoms with van der Waals surface area (Å²) >= 11 is 0. The van der Waals surface area contributed by atoms with Crippen LogP contribution in [0.15, 0.2) is 24.5 Å². The average molecular weight is 184 g/mol. The summed E-state index contributed by atoms with van der Waals surface area (Å²) in [5.41, 5.74) is 0.657. The molecule has 1 atom stereocenters. The van der Waals surface area contributed by atoms with Crippen LogP contribution in [-0.2, 0) is 0 Å². The maximum absolute atomic E-state index is 13.2. The second-order valence-electron chi connectivity index (χ2n) is 3.23. The quantitative estimate of drug-likeness (QED) is 0.713. The molecule has 0 spiro atoms. The third kappa shape index (κ3) is 1.54. The Morgan fingerprint density at radius 3 is 2.62 bits per heavy atom. The molecule has 4 heteroatoms. The van der Waals surface area contributed by atoms with E-state index >= 15 is 0 Å². The van der Waals surface area contributed by atoms with Crippen LogP contribution in [0.25, 0.3) is 0 Å². The van der Waals surface area contributed by atoms with E-state index in [1.54, 1.807) is 24.5 Å². The number of nitrogens with one attached hydrogen (secondary N) is 1. The van der Waals surface area contributed by atoms with Crippen LogP contribution in [0, 0.1) is 0 Å². The molecule has 1 aromatic heterocycles. The van der Waals surface area contributed by atoms with Crippen LogP contribution in [0.1, 0.15) is 11.5 Å². The first-order valence-corrected chi connectivity index (χ1v) is 4.18. The lowest BCUT2D eigenvalue weighted by atomic mass is 9.97. The van der Waals surface area contributed by atoms with Crippen LogP contribution in [0.3, 0.4) is 0 Å². The highest BCUT2D eigenvalue weighted by molar-refractivity contribution is 5.21. The molecular weight excluding hydrogens is 174 g/mol. The summed E-state index contributed by atoms with van der Waals surface area (Å²) < 4.78 is 26.4. The number of alkyl halides is 2. The number of hydrogen-bond donors (Lipinski definition) is 1. The van der Waals surface area contributed by atoms with Crippen molar-refractivity contribution in [1.82, 2.24) is 10.3 Å². The molecule has 2 nitrogen and oxygen atoms in total. The Kier molecular flexibility index (Phi) is 2.00. The van der Waals surface area contributed by atoms with Crippen LogP contribution in [-0.4, -0.2) is 24.0 Å². The zero-order valence-corrected chi connectivity index (χ0v) is 7.00. The average Bonchev–Trinajstić information content (AvgIpc) is 2.47. The molecule has 2 rings (SSSR count). The Hall–Kier alpha value is -1.03. The lowest BCUT2D eigenvalue weighted by Gasteiger charge is -2.17. The summed E-state index contributed by atoms with van der Waals surface area (Å²) in [6.07, 6.45) is 3.09. The molecule has 1 aliphatic heterocycles. The number of halogens is 2. The zero-order chi connectivity index (χ0) is 9.31. The molecule has 13 heavy (non-hydrogen) atoms. The predicted molar refractivity (Wildman–Crippen MR) is 44.8 cm³/mol. The summed E-state index contributed by atoms with van der Waals surface area (Å²) in [5, 5.41) is 2.69. The number of nitrogens with zero attached hydrogens (tertiary/aromatic N) is 1. The molecule has 0 saturated carbocycles. The molecule has 0 amide bonds. The smallest absolute Gasteiger partial charge is 0.268 e. The van der Waals surface area contributed by atoms with Crippen LogP contribution in [0.5, 0.6) is 0 Å². The Bertz CT molecular complexity index is 287. The topological polar surface area (TPSA) is 24.9 Å². The van der Waals surface area contributed by atoms with Crippen LogP contribution < -0.4 is 5.32 Å². The fourth-order valence-corrected chi connectivity index (χ4v) is 1.61. The molecule has 0 bridgehead atoms. The molecule has 1 aliphatic rings. The minimum absolute atomic E-state index is 0.222. The van der Waals surface area contributed by atoms with Crippen molar-refractivity contribution in [2.45, 2.75) is 11.8 Å². The number of aromatic nitrogens is 1. The van der Waals surface area contributed by atoms with Gasteiger partial charge in [0.05, 0.1) is 12.5 Å². The van der Waals surface area contributed by atoms with Gasteiger partial charge < -0.3 is 5.32 Å². The maximum Gasteiger partial charge on any atom is 0.268 e. The van der Waals surface area contributed by atoms with Gasteiger partial charge in [-0.2, -0.15) is 0 Å². The van der Waals surface area contributed by atoms with Crippen LogP contribution in [0.4, 0.5) is 8.78 Å². The van der Waals surface area contributed by atoms with Gasteiger partial charge in [0.2, 0.25) is 0 Å². The Balaban J connectivity index is 2.27. The van der Waals surface area contributed by atoms with Crippen molar-refractivity contribution in [3.05, 3.63) is 30.1 Å². The third-order valence-corrected chi connectivity index (χ3v) is 2.33. The van der Waals surface area contributed by atoms with Crippen molar-refractivity contribution in [2.24, 2.45) is 0 Å². The zero-order valence-electron chi connectivity index (χ0n) is 7.00. The summed E-state index contributed by atoms with van der Waals surface area (Å²) in [6, 6.07) is 3.29. The maximum atomic E-state index is 13.2. The van der Waals surface area contributed by atoms with E-state index in [0.717, 1.165) is 0 Å². The molecule has 1 fully saturated rings. The Morgan fingerprint density at radius 2 is 2.08 bits per heavy atom. The summed E-state index contributed by atoms with van der Waals surface area (Å²) in [6.45, 7) is 0.122. The Labute approximate surface area is 75.0 Å². The van der Waals surface area contributed by atoms with Crippen molar-refractivity contribution < 1.29 is 8.78 Å². The summed E-state index contributed by atoms with van der Waals surface area (Å²) in [7, 11) is 0. The van der Waals surface area contributed by atoms with E-state index in [0.29, 0.717) is 12.1 Å². The predicted octanol–water partition coefficient (Wildman–Crippen LogP) is 1.40. The van der Waals surface area contributed by atoms with Gasteiger partial charge in [-0.1, -0.05) is 0 Å². The number of pyridine rings is 1. The van der Waals surface area contributed by atoms with Crippen molar-refractivity contribution >= 4 is 0 Å². The van der Waals surface area contributed by atoms with Gasteiger partial charge in [0.25, 0.3) is 5.92 Å². The van der Waals surface area contributed by atoms with E-state index in [1.165, 1.54) is 0 Å². The molecule has 0 aliphatic carbocycles. The second kappa shape index (κ2) is 3.03. The lowest BCUT2D eigenvalue weighted by molar-refractivity contribution is 0.00576. The van der Waals surface area contributed by atoms with E-state index in [4.69, 9.17) is 0 Å². The van der Waals surface area contributed by atoms with E-state index in [1.807, 2.05) is 0 Å². The van der Waals surface area contributed by atoms with Crippen LogP contribution >= 0.6 is 0 Å². The fourth-order valence-electron chi connectivity index (χ4n) is 1.61. The van der Waals surface area contributed by atoms with Gasteiger partial charge in [0.1, 0.15) is 0 Å². The van der Waals surface area contributed by atoms with Crippen molar-refractivity contribution in [2.75, 3.05) is 13.1 Å². The lowest BCUT2D eigenvalue weighted by Crippen LogP contribution is -2.25. The van der Waals surface area contributed by atoms with Gasteiger partial charge in [-0.15, -0.1) is 0 Å². The molecule has 0 radical (unpaired) electrons. The molecule has 1 saturated heterocycles. The number of hydrogen-bond acceptors (Lipinski definition) is 2. The van der Waals surface area contributed by atoms with Gasteiger partial charge in [0.15, 0.2) is 0 Å². The van der Waals surface area contributed by atoms with Crippen molar-refractivity contribution in [3.8, 4) is 0 Å². The SMILES string of the molecule is FC1(F)CNC[C@@H]1c1ccncc1. The van der Waals surface area contributed by atoms with E-state index in [2.05, 4.69) is 10.3 Å². The fraction of sp³-hybridized carbons (Fsp3) is 0.444. The van der Waals surface area contributed by atoms with Gasteiger partial charge in [-0.3, -0.25) is 4.98 Å². The standard InChI is InChI=1S/C9H10F2N2/c10-9(11)6-13-5-8(9)7-1-3-12-4-2-7/h1-4,8,13H,5-6H2/t8-/m1/s1. The van der Waals surface area contributed by atoms with Gasteiger partial charge in [-0.25, -0.2) is 8.78 Å². The molecular formula is C9H10F2N2.